The zero-order valence-corrected chi connectivity index (χ0v) is 12.2. The van der Waals surface area contributed by atoms with Crippen LogP contribution in [0.5, 0.6) is 0 Å². The first-order valence-corrected chi connectivity index (χ1v) is 7.47. The van der Waals surface area contributed by atoms with Gasteiger partial charge in [0.1, 0.15) is 0 Å². The Morgan fingerprint density at radius 1 is 1.15 bits per heavy atom. The minimum atomic E-state index is -0.766. The van der Waals surface area contributed by atoms with Crippen LogP contribution in [0, 0.1) is 11.8 Å². The van der Waals surface area contributed by atoms with E-state index >= 15 is 0 Å². The summed E-state index contributed by atoms with van der Waals surface area (Å²) in [7, 11) is 2.12. The van der Waals surface area contributed by atoms with Gasteiger partial charge >= 0.3 is 5.97 Å². The fourth-order valence-electron chi connectivity index (χ4n) is 3.00. The van der Waals surface area contributed by atoms with Crippen LogP contribution in [0.15, 0.2) is 0 Å². The molecule has 0 unspecified atom stereocenters. The third-order valence-electron chi connectivity index (χ3n) is 4.48. The van der Waals surface area contributed by atoms with Gasteiger partial charge in [0.25, 0.3) is 0 Å². The number of carbonyl (C=O) groups is 2. The molecule has 2 aliphatic rings. The van der Waals surface area contributed by atoms with Crippen LogP contribution in [0.25, 0.3) is 0 Å². The molecule has 6 nitrogen and oxygen atoms in total. The molecule has 2 N–H and O–H groups in total. The second-order valence-electron chi connectivity index (χ2n) is 5.98. The lowest BCUT2D eigenvalue weighted by Crippen LogP contribution is -2.47. The molecule has 1 aliphatic carbocycles. The molecule has 1 saturated heterocycles. The van der Waals surface area contributed by atoms with Crippen LogP contribution in [0.3, 0.4) is 0 Å². The van der Waals surface area contributed by atoms with Gasteiger partial charge < -0.3 is 15.3 Å². The Morgan fingerprint density at radius 2 is 1.80 bits per heavy atom. The van der Waals surface area contributed by atoms with Crippen molar-refractivity contribution in [2.45, 2.75) is 19.3 Å². The Labute approximate surface area is 120 Å². The minimum Gasteiger partial charge on any atom is -0.481 e. The largest absolute Gasteiger partial charge is 0.481 e. The first kappa shape index (κ1) is 15.3. The summed E-state index contributed by atoms with van der Waals surface area (Å²) in [6.07, 6.45) is 1.83. The first-order chi connectivity index (χ1) is 9.56. The number of likely N-dealkylation sites (N-methyl/N-ethyl adjacent to an activating group) is 1. The maximum atomic E-state index is 12.0. The predicted octanol–water partition coefficient (Wildman–Crippen LogP) is -0.149. The average Bonchev–Trinajstić information content (AvgIpc) is 2.91. The molecular formula is C14H25N3O3. The average molecular weight is 283 g/mol. The van der Waals surface area contributed by atoms with Gasteiger partial charge in [-0.3, -0.25) is 14.5 Å². The van der Waals surface area contributed by atoms with Crippen molar-refractivity contribution >= 4 is 11.9 Å². The molecule has 2 fully saturated rings. The SMILES string of the molecule is CN1CCN(CCNC(=O)[C@@H]2CC[C@H](C(=O)O)C2)CC1. The smallest absolute Gasteiger partial charge is 0.306 e. The molecule has 20 heavy (non-hydrogen) atoms. The Hall–Kier alpha value is -1.14. The van der Waals surface area contributed by atoms with Gasteiger partial charge in [-0.25, -0.2) is 0 Å². The lowest BCUT2D eigenvalue weighted by atomic mass is 10.0. The number of hydrogen-bond donors (Lipinski definition) is 2. The van der Waals surface area contributed by atoms with E-state index in [1.54, 1.807) is 0 Å². The number of piperazine rings is 1. The van der Waals surface area contributed by atoms with Crippen molar-refractivity contribution in [3.05, 3.63) is 0 Å². The number of nitrogens with one attached hydrogen (secondary N) is 1. The highest BCUT2D eigenvalue weighted by molar-refractivity contribution is 5.80. The molecule has 2 atom stereocenters. The summed E-state index contributed by atoms with van der Waals surface area (Å²) < 4.78 is 0. The molecule has 114 valence electrons. The molecular weight excluding hydrogens is 258 g/mol. The summed E-state index contributed by atoms with van der Waals surface area (Å²) in [6.45, 7) is 5.81. The fraction of sp³-hybridized carbons (Fsp3) is 0.857. The summed E-state index contributed by atoms with van der Waals surface area (Å²) >= 11 is 0. The lowest BCUT2D eigenvalue weighted by molar-refractivity contribution is -0.141. The van der Waals surface area contributed by atoms with E-state index in [0.29, 0.717) is 25.8 Å². The van der Waals surface area contributed by atoms with Crippen molar-refractivity contribution < 1.29 is 14.7 Å². The highest BCUT2D eigenvalue weighted by Crippen LogP contribution is 2.30. The molecule has 0 aromatic rings. The number of carboxylic acid groups (broad SMARTS) is 1. The highest BCUT2D eigenvalue weighted by atomic mass is 16.4. The van der Waals surface area contributed by atoms with Crippen molar-refractivity contribution in [3.63, 3.8) is 0 Å². The van der Waals surface area contributed by atoms with Crippen LogP contribution in [0.1, 0.15) is 19.3 Å². The fourth-order valence-corrected chi connectivity index (χ4v) is 3.00. The van der Waals surface area contributed by atoms with Crippen molar-refractivity contribution in [2.75, 3.05) is 46.3 Å². The number of nitrogens with zero attached hydrogens (tertiary/aromatic N) is 2. The molecule has 6 heteroatoms. The number of amides is 1. The summed E-state index contributed by atoms with van der Waals surface area (Å²) in [5.74, 6) is -1.17. The zero-order chi connectivity index (χ0) is 14.5. The molecule has 0 radical (unpaired) electrons. The normalized spacial score (nSPS) is 28.4. The van der Waals surface area contributed by atoms with E-state index in [-0.39, 0.29) is 17.7 Å². The van der Waals surface area contributed by atoms with Gasteiger partial charge in [-0.05, 0) is 26.3 Å². The lowest BCUT2D eigenvalue weighted by Gasteiger charge is -2.32. The van der Waals surface area contributed by atoms with Crippen LogP contribution in [0.4, 0.5) is 0 Å². The van der Waals surface area contributed by atoms with Crippen molar-refractivity contribution in [1.82, 2.24) is 15.1 Å². The van der Waals surface area contributed by atoms with Crippen molar-refractivity contribution in [1.29, 1.82) is 0 Å². The zero-order valence-electron chi connectivity index (χ0n) is 12.2. The second-order valence-corrected chi connectivity index (χ2v) is 5.98. The summed E-state index contributed by atoms with van der Waals surface area (Å²) in [5.41, 5.74) is 0. The molecule has 0 aromatic heterocycles. The molecule has 2 rings (SSSR count). The van der Waals surface area contributed by atoms with Gasteiger partial charge in [0.15, 0.2) is 0 Å². The van der Waals surface area contributed by atoms with Gasteiger partial charge in [-0.15, -0.1) is 0 Å². The van der Waals surface area contributed by atoms with E-state index in [0.717, 1.165) is 32.7 Å². The van der Waals surface area contributed by atoms with E-state index in [1.807, 2.05) is 0 Å². The van der Waals surface area contributed by atoms with Crippen LogP contribution in [-0.2, 0) is 9.59 Å². The standard InChI is InChI=1S/C14H25N3O3/c1-16-6-8-17(9-7-16)5-4-15-13(18)11-2-3-12(10-11)14(19)20/h11-12H,2-10H2,1H3,(H,15,18)(H,19,20)/t11-,12+/m1/s1. The van der Waals surface area contributed by atoms with Gasteiger partial charge in [-0.2, -0.15) is 0 Å². The third-order valence-corrected chi connectivity index (χ3v) is 4.48. The molecule has 1 amide bonds. The number of carboxylic acids is 1. The van der Waals surface area contributed by atoms with Gasteiger partial charge in [0.05, 0.1) is 5.92 Å². The van der Waals surface area contributed by atoms with E-state index in [1.165, 1.54) is 0 Å². The van der Waals surface area contributed by atoms with E-state index in [4.69, 9.17) is 5.11 Å². The van der Waals surface area contributed by atoms with Crippen molar-refractivity contribution in [2.24, 2.45) is 11.8 Å². The van der Waals surface area contributed by atoms with Gasteiger partial charge in [0.2, 0.25) is 5.91 Å². The number of carbonyl (C=O) groups excluding carboxylic acids is 1. The molecule has 1 heterocycles. The maximum absolute atomic E-state index is 12.0. The molecule has 0 aromatic carbocycles. The number of rotatable bonds is 5. The second kappa shape index (κ2) is 7.04. The third kappa shape index (κ3) is 4.18. The van der Waals surface area contributed by atoms with Crippen molar-refractivity contribution in [3.8, 4) is 0 Å². The molecule has 0 bridgehead atoms. The maximum Gasteiger partial charge on any atom is 0.306 e. The Kier molecular flexibility index (Phi) is 5.37. The predicted molar refractivity (Wildman–Crippen MR) is 75.4 cm³/mol. The molecule has 1 saturated carbocycles. The summed E-state index contributed by atoms with van der Waals surface area (Å²) in [6, 6.07) is 0. The minimum absolute atomic E-state index is 0.0304. The monoisotopic (exact) mass is 283 g/mol. The van der Waals surface area contributed by atoms with Crippen LogP contribution >= 0.6 is 0 Å². The Bertz CT molecular complexity index is 354. The van der Waals surface area contributed by atoms with Gasteiger partial charge in [-0.1, -0.05) is 0 Å². The topological polar surface area (TPSA) is 72.9 Å². The summed E-state index contributed by atoms with van der Waals surface area (Å²) in [5, 5.41) is 11.9. The Balaban J connectivity index is 1.62. The Morgan fingerprint density at radius 3 is 2.40 bits per heavy atom. The highest BCUT2D eigenvalue weighted by Gasteiger charge is 2.33. The van der Waals surface area contributed by atoms with Gasteiger partial charge in [0, 0.05) is 45.2 Å². The number of hydrogen-bond acceptors (Lipinski definition) is 4. The summed E-state index contributed by atoms with van der Waals surface area (Å²) in [4.78, 5) is 27.5. The van der Waals surface area contributed by atoms with Crippen LogP contribution < -0.4 is 5.32 Å². The molecule has 1 aliphatic heterocycles. The van der Waals surface area contributed by atoms with Crippen LogP contribution in [-0.4, -0.2) is 73.1 Å². The quantitative estimate of drug-likeness (QED) is 0.734. The number of aliphatic carboxylic acids is 1. The molecule has 0 spiro atoms. The van der Waals surface area contributed by atoms with Crippen LogP contribution in [0.2, 0.25) is 0 Å². The van der Waals surface area contributed by atoms with E-state index in [9.17, 15) is 9.59 Å². The first-order valence-electron chi connectivity index (χ1n) is 7.47. The van der Waals surface area contributed by atoms with E-state index in [2.05, 4.69) is 22.2 Å². The van der Waals surface area contributed by atoms with E-state index < -0.39 is 5.97 Å².